The minimum absolute atomic E-state index is 0.131. The molecule has 7 heteroatoms. The van der Waals surface area contributed by atoms with Gasteiger partial charge in [0.05, 0.1) is 6.04 Å². The Balaban J connectivity index is 1.44. The number of nitrogens with zero attached hydrogens (tertiary/aromatic N) is 3. The first-order valence-electron chi connectivity index (χ1n) is 10.0. The van der Waals surface area contributed by atoms with Crippen LogP contribution in [0.2, 0.25) is 5.02 Å². The van der Waals surface area contributed by atoms with E-state index in [4.69, 9.17) is 20.8 Å². The van der Waals surface area contributed by atoms with Crippen LogP contribution in [0.15, 0.2) is 59.0 Å². The van der Waals surface area contributed by atoms with Crippen molar-refractivity contribution in [3.05, 3.63) is 76.8 Å². The maximum Gasteiger partial charge on any atom is 0.236 e. The summed E-state index contributed by atoms with van der Waals surface area (Å²) in [6.07, 6.45) is 2.42. The number of halogens is 1. The molecule has 2 aromatic carbocycles. The second-order valence-electron chi connectivity index (χ2n) is 7.19. The predicted molar refractivity (Wildman–Crippen MR) is 115 cm³/mol. The van der Waals surface area contributed by atoms with Crippen molar-refractivity contribution in [1.82, 2.24) is 9.88 Å². The second-order valence-corrected chi connectivity index (χ2v) is 7.63. The average Bonchev–Trinajstić information content (AvgIpc) is 3.44. The molecule has 1 aromatic heterocycles. The van der Waals surface area contributed by atoms with E-state index in [2.05, 4.69) is 45.5 Å². The SMILES string of the molecule is N#Cc1nc(COc2ccc(Cl)cc2)oc1NCC(c1ccccc1)N1CCCC1. The van der Waals surface area contributed by atoms with E-state index in [1.807, 2.05) is 6.07 Å². The van der Waals surface area contributed by atoms with Crippen molar-refractivity contribution in [2.75, 3.05) is 25.0 Å². The molecule has 0 aliphatic carbocycles. The van der Waals surface area contributed by atoms with Crippen LogP contribution in [0.5, 0.6) is 5.75 Å². The number of hydrogen-bond donors (Lipinski definition) is 1. The van der Waals surface area contributed by atoms with Crippen molar-refractivity contribution in [2.45, 2.75) is 25.5 Å². The third-order valence-corrected chi connectivity index (χ3v) is 5.43. The number of likely N-dealkylation sites (tertiary alicyclic amines) is 1. The number of nitriles is 1. The lowest BCUT2D eigenvalue weighted by Gasteiger charge is -2.28. The van der Waals surface area contributed by atoms with E-state index < -0.39 is 0 Å². The van der Waals surface area contributed by atoms with E-state index in [0.717, 1.165) is 13.1 Å². The molecule has 2 heterocycles. The summed E-state index contributed by atoms with van der Waals surface area (Å²) in [5.74, 6) is 1.39. The zero-order valence-corrected chi connectivity index (χ0v) is 17.3. The summed E-state index contributed by atoms with van der Waals surface area (Å²) in [4.78, 5) is 6.72. The molecule has 154 valence electrons. The Morgan fingerprint density at radius 1 is 1.13 bits per heavy atom. The van der Waals surface area contributed by atoms with Gasteiger partial charge in [-0.3, -0.25) is 4.90 Å². The maximum atomic E-state index is 9.46. The van der Waals surface area contributed by atoms with Gasteiger partial charge in [-0.25, -0.2) is 0 Å². The fourth-order valence-electron chi connectivity index (χ4n) is 3.67. The van der Waals surface area contributed by atoms with E-state index >= 15 is 0 Å². The highest BCUT2D eigenvalue weighted by atomic mass is 35.5. The quantitative estimate of drug-likeness (QED) is 0.549. The molecule has 1 fully saturated rings. The number of oxazole rings is 1. The smallest absolute Gasteiger partial charge is 0.236 e. The first-order chi connectivity index (χ1) is 14.7. The molecule has 0 spiro atoms. The summed E-state index contributed by atoms with van der Waals surface area (Å²) in [5.41, 5.74) is 1.48. The summed E-state index contributed by atoms with van der Waals surface area (Å²) in [7, 11) is 0. The number of ether oxygens (including phenoxy) is 1. The van der Waals surface area contributed by atoms with Gasteiger partial charge in [-0.15, -0.1) is 0 Å². The predicted octanol–water partition coefficient (Wildman–Crippen LogP) is 5.03. The minimum atomic E-state index is 0.131. The topological polar surface area (TPSA) is 74.3 Å². The van der Waals surface area contributed by atoms with Crippen molar-refractivity contribution < 1.29 is 9.15 Å². The molecule has 1 unspecified atom stereocenters. The average molecular weight is 423 g/mol. The lowest BCUT2D eigenvalue weighted by Crippen LogP contribution is -2.31. The minimum Gasteiger partial charge on any atom is -0.484 e. The van der Waals surface area contributed by atoms with Crippen LogP contribution in [0.3, 0.4) is 0 Å². The van der Waals surface area contributed by atoms with Crippen LogP contribution in [0.25, 0.3) is 0 Å². The summed E-state index contributed by atoms with van der Waals surface area (Å²) in [5, 5.41) is 13.4. The highest BCUT2D eigenvalue weighted by molar-refractivity contribution is 6.30. The third-order valence-electron chi connectivity index (χ3n) is 5.18. The van der Waals surface area contributed by atoms with Crippen LogP contribution >= 0.6 is 11.6 Å². The lowest BCUT2D eigenvalue weighted by molar-refractivity contribution is 0.252. The Morgan fingerprint density at radius 2 is 1.87 bits per heavy atom. The van der Waals surface area contributed by atoms with Crippen LogP contribution in [0.1, 0.15) is 36.0 Å². The molecule has 0 bridgehead atoms. The van der Waals surface area contributed by atoms with Crippen molar-refractivity contribution in [3.8, 4) is 11.8 Å². The van der Waals surface area contributed by atoms with Gasteiger partial charge in [-0.2, -0.15) is 10.2 Å². The van der Waals surface area contributed by atoms with Gasteiger partial charge in [0.25, 0.3) is 0 Å². The Bertz CT molecular complexity index is 992. The number of hydrogen-bond acceptors (Lipinski definition) is 6. The lowest BCUT2D eigenvalue weighted by atomic mass is 10.1. The summed E-state index contributed by atoms with van der Waals surface area (Å²) in [6, 6.07) is 19.8. The highest BCUT2D eigenvalue weighted by Gasteiger charge is 2.24. The third kappa shape index (κ3) is 4.93. The molecule has 0 radical (unpaired) electrons. The van der Waals surface area contributed by atoms with E-state index in [9.17, 15) is 5.26 Å². The van der Waals surface area contributed by atoms with Gasteiger partial charge in [0.1, 0.15) is 11.8 Å². The summed E-state index contributed by atoms with van der Waals surface area (Å²) in [6.45, 7) is 2.91. The van der Waals surface area contributed by atoms with E-state index in [1.54, 1.807) is 24.3 Å². The van der Waals surface area contributed by atoms with Crippen LogP contribution in [0.4, 0.5) is 5.88 Å². The molecule has 30 heavy (non-hydrogen) atoms. The van der Waals surface area contributed by atoms with Crippen molar-refractivity contribution in [2.24, 2.45) is 0 Å². The first kappa shape index (κ1) is 20.3. The van der Waals surface area contributed by atoms with Gasteiger partial charge in [-0.05, 0) is 55.8 Å². The Kier molecular flexibility index (Phi) is 6.53. The van der Waals surface area contributed by atoms with Crippen molar-refractivity contribution in [3.63, 3.8) is 0 Å². The normalized spacial score (nSPS) is 14.9. The van der Waals surface area contributed by atoms with Crippen LogP contribution in [-0.4, -0.2) is 29.5 Å². The largest absolute Gasteiger partial charge is 0.484 e. The zero-order chi connectivity index (χ0) is 20.8. The summed E-state index contributed by atoms with van der Waals surface area (Å²) < 4.78 is 11.5. The van der Waals surface area contributed by atoms with Crippen molar-refractivity contribution in [1.29, 1.82) is 5.26 Å². The molecule has 1 saturated heterocycles. The number of rotatable bonds is 8. The molecule has 1 aliphatic rings. The molecule has 1 atom stereocenters. The molecular weight excluding hydrogens is 400 g/mol. The van der Waals surface area contributed by atoms with Gasteiger partial charge in [0.15, 0.2) is 6.61 Å². The van der Waals surface area contributed by atoms with Crippen LogP contribution in [-0.2, 0) is 6.61 Å². The molecule has 1 aliphatic heterocycles. The Hall–Kier alpha value is -3.01. The Labute approximate surface area is 181 Å². The Morgan fingerprint density at radius 3 is 2.57 bits per heavy atom. The fraction of sp³-hybridized carbons (Fsp3) is 0.304. The van der Waals surface area contributed by atoms with E-state index in [-0.39, 0.29) is 18.3 Å². The summed E-state index contributed by atoms with van der Waals surface area (Å²) >= 11 is 5.89. The first-order valence-corrected chi connectivity index (χ1v) is 10.4. The second kappa shape index (κ2) is 9.66. The number of benzene rings is 2. The van der Waals surface area contributed by atoms with E-state index in [0.29, 0.717) is 29.1 Å². The van der Waals surface area contributed by atoms with Gasteiger partial charge < -0.3 is 14.5 Å². The fourth-order valence-corrected chi connectivity index (χ4v) is 3.80. The van der Waals surface area contributed by atoms with Gasteiger partial charge in [-0.1, -0.05) is 41.9 Å². The molecular formula is C23H23ClN4O2. The van der Waals surface area contributed by atoms with Gasteiger partial charge >= 0.3 is 0 Å². The number of anilines is 1. The molecule has 3 aromatic rings. The molecule has 0 amide bonds. The monoisotopic (exact) mass is 422 g/mol. The molecule has 6 nitrogen and oxygen atoms in total. The van der Waals surface area contributed by atoms with Crippen molar-refractivity contribution >= 4 is 17.5 Å². The van der Waals surface area contributed by atoms with Crippen LogP contribution < -0.4 is 10.1 Å². The van der Waals surface area contributed by atoms with E-state index in [1.165, 1.54) is 18.4 Å². The van der Waals surface area contributed by atoms with Crippen LogP contribution in [0, 0.1) is 11.3 Å². The molecule has 0 saturated carbocycles. The molecule has 1 N–H and O–H groups in total. The molecule has 4 rings (SSSR count). The standard InChI is InChI=1S/C23H23ClN4O2/c24-18-8-10-19(11-9-18)29-16-22-27-20(14-25)23(30-22)26-15-21(28-12-4-5-13-28)17-6-2-1-3-7-17/h1-3,6-11,21,26H,4-5,12-13,15-16H2. The zero-order valence-electron chi connectivity index (χ0n) is 16.6. The number of aromatic nitrogens is 1. The highest BCUT2D eigenvalue weighted by Crippen LogP contribution is 2.27. The van der Waals surface area contributed by atoms with Gasteiger partial charge in [0, 0.05) is 11.6 Å². The van der Waals surface area contributed by atoms with Gasteiger partial charge in [0.2, 0.25) is 17.5 Å². The maximum absolute atomic E-state index is 9.46. The number of nitrogens with one attached hydrogen (secondary N) is 1.